The van der Waals surface area contributed by atoms with Gasteiger partial charge < -0.3 is 10.0 Å². The van der Waals surface area contributed by atoms with Crippen LogP contribution < -0.4 is 0 Å². The fourth-order valence-electron chi connectivity index (χ4n) is 1.92. The molecule has 0 bridgehead atoms. The van der Waals surface area contributed by atoms with Crippen LogP contribution in [0.2, 0.25) is 0 Å². The highest BCUT2D eigenvalue weighted by molar-refractivity contribution is 5.92. The number of aromatic carboxylic acids is 1. The third-order valence-corrected chi connectivity index (χ3v) is 3.04. The lowest BCUT2D eigenvalue weighted by molar-refractivity contribution is 0.0695. The molecule has 0 saturated heterocycles. The fraction of sp³-hybridized carbons (Fsp3) is 0.214. The van der Waals surface area contributed by atoms with Crippen molar-refractivity contribution in [2.75, 3.05) is 13.6 Å². The van der Waals surface area contributed by atoms with E-state index in [4.69, 9.17) is 5.11 Å². The summed E-state index contributed by atoms with van der Waals surface area (Å²) in [6, 6.07) is 8.40. The third kappa shape index (κ3) is 3.03. The van der Waals surface area contributed by atoms with Gasteiger partial charge in [-0.05, 0) is 24.1 Å². The van der Waals surface area contributed by atoms with Crippen molar-refractivity contribution < 1.29 is 14.7 Å². The predicted octanol–water partition coefficient (Wildman–Crippen LogP) is 1.42. The summed E-state index contributed by atoms with van der Waals surface area (Å²) in [5.41, 5.74) is 1.40. The number of rotatable bonds is 5. The fourth-order valence-corrected chi connectivity index (χ4v) is 1.92. The molecule has 20 heavy (non-hydrogen) atoms. The molecular weight excluding hydrogens is 258 g/mol. The minimum Gasteiger partial charge on any atom is -0.478 e. The van der Waals surface area contributed by atoms with E-state index in [2.05, 4.69) is 10.2 Å². The van der Waals surface area contributed by atoms with Gasteiger partial charge in [0.15, 0.2) is 0 Å². The van der Waals surface area contributed by atoms with Gasteiger partial charge in [0.25, 0.3) is 5.91 Å². The molecule has 6 nitrogen and oxygen atoms in total. The van der Waals surface area contributed by atoms with Gasteiger partial charge in [-0.25, -0.2) is 4.79 Å². The first-order chi connectivity index (χ1) is 9.59. The molecular formula is C14H15N3O3. The maximum atomic E-state index is 12.0. The van der Waals surface area contributed by atoms with Gasteiger partial charge in [-0.2, -0.15) is 5.10 Å². The summed E-state index contributed by atoms with van der Waals surface area (Å²) in [5, 5.41) is 15.4. The smallest absolute Gasteiger partial charge is 0.335 e. The molecule has 6 heteroatoms. The van der Waals surface area contributed by atoms with Crippen molar-refractivity contribution in [1.29, 1.82) is 0 Å². The van der Waals surface area contributed by atoms with Crippen LogP contribution in [0, 0.1) is 0 Å². The second-order valence-electron chi connectivity index (χ2n) is 4.41. The highest BCUT2D eigenvalue weighted by atomic mass is 16.4. The number of H-pyrrole nitrogens is 1. The Morgan fingerprint density at radius 2 is 2.05 bits per heavy atom. The van der Waals surface area contributed by atoms with Crippen LogP contribution in [0.3, 0.4) is 0 Å². The number of likely N-dealkylation sites (N-methyl/N-ethyl adjacent to an activating group) is 1. The molecule has 0 fully saturated rings. The van der Waals surface area contributed by atoms with Crippen LogP contribution in [0.5, 0.6) is 0 Å². The molecule has 2 N–H and O–H groups in total. The minimum atomic E-state index is -0.955. The third-order valence-electron chi connectivity index (χ3n) is 3.04. The van der Waals surface area contributed by atoms with E-state index < -0.39 is 5.97 Å². The first kappa shape index (κ1) is 13.8. The van der Waals surface area contributed by atoms with Crippen LogP contribution in [-0.2, 0) is 6.42 Å². The number of carbonyl (C=O) groups is 2. The monoisotopic (exact) mass is 273 g/mol. The van der Waals surface area contributed by atoms with Gasteiger partial charge in [-0.3, -0.25) is 9.89 Å². The molecule has 0 aliphatic rings. The number of carboxylic acid groups (broad SMARTS) is 1. The molecule has 0 unspecified atom stereocenters. The Morgan fingerprint density at radius 3 is 2.70 bits per heavy atom. The molecule has 0 atom stereocenters. The Bertz CT molecular complexity index is 608. The maximum Gasteiger partial charge on any atom is 0.335 e. The lowest BCUT2D eigenvalue weighted by atomic mass is 10.0. The summed E-state index contributed by atoms with van der Waals surface area (Å²) in [4.78, 5) is 24.6. The van der Waals surface area contributed by atoms with Crippen molar-refractivity contribution >= 4 is 11.9 Å². The average Bonchev–Trinajstić information content (AvgIpc) is 2.98. The van der Waals surface area contributed by atoms with Gasteiger partial charge in [0.05, 0.1) is 5.56 Å². The molecule has 2 aromatic rings. The lowest BCUT2D eigenvalue weighted by Crippen LogP contribution is -2.29. The molecule has 0 saturated carbocycles. The quantitative estimate of drug-likeness (QED) is 0.862. The molecule has 0 aliphatic heterocycles. The summed E-state index contributed by atoms with van der Waals surface area (Å²) in [7, 11) is 1.67. The number of carboxylic acids is 1. The zero-order valence-electron chi connectivity index (χ0n) is 11.0. The van der Waals surface area contributed by atoms with E-state index in [1.54, 1.807) is 37.4 Å². The van der Waals surface area contributed by atoms with Crippen LogP contribution in [0.1, 0.15) is 26.4 Å². The van der Waals surface area contributed by atoms with Crippen molar-refractivity contribution in [3.63, 3.8) is 0 Å². The molecule has 0 radical (unpaired) electrons. The van der Waals surface area contributed by atoms with Gasteiger partial charge in [0.1, 0.15) is 5.69 Å². The van der Waals surface area contributed by atoms with E-state index in [0.29, 0.717) is 24.2 Å². The van der Waals surface area contributed by atoms with Gasteiger partial charge in [-0.15, -0.1) is 0 Å². The summed E-state index contributed by atoms with van der Waals surface area (Å²) < 4.78 is 0. The second kappa shape index (κ2) is 6.01. The van der Waals surface area contributed by atoms with Gasteiger partial charge >= 0.3 is 5.97 Å². The molecule has 1 aromatic heterocycles. The number of aromatic amines is 1. The molecule has 2 rings (SSSR count). The van der Waals surface area contributed by atoms with Crippen molar-refractivity contribution in [3.8, 4) is 0 Å². The first-order valence-electron chi connectivity index (χ1n) is 6.15. The predicted molar refractivity (Wildman–Crippen MR) is 72.7 cm³/mol. The number of hydrogen-bond acceptors (Lipinski definition) is 3. The van der Waals surface area contributed by atoms with E-state index in [9.17, 15) is 9.59 Å². The number of hydrogen-bond donors (Lipinski definition) is 2. The summed E-state index contributed by atoms with van der Waals surface area (Å²) >= 11 is 0. The largest absolute Gasteiger partial charge is 0.478 e. The molecule has 1 heterocycles. The van der Waals surface area contributed by atoms with E-state index in [-0.39, 0.29) is 11.5 Å². The number of carbonyl (C=O) groups excluding carboxylic acids is 1. The van der Waals surface area contributed by atoms with Gasteiger partial charge in [0.2, 0.25) is 0 Å². The summed E-state index contributed by atoms with van der Waals surface area (Å²) in [5.74, 6) is -1.13. The van der Waals surface area contributed by atoms with Gasteiger partial charge in [0, 0.05) is 19.8 Å². The number of benzene rings is 1. The average molecular weight is 273 g/mol. The number of nitrogens with one attached hydrogen (secondary N) is 1. The second-order valence-corrected chi connectivity index (χ2v) is 4.41. The Labute approximate surface area is 116 Å². The zero-order chi connectivity index (χ0) is 14.5. The standard InChI is InChI=1S/C14H15N3O3/c1-17(13(18)12-6-8-15-16-12)9-7-10-4-2-3-5-11(10)14(19)20/h2-6,8H,7,9H2,1H3,(H,15,16)(H,19,20). The highest BCUT2D eigenvalue weighted by Gasteiger charge is 2.14. The summed E-state index contributed by atoms with van der Waals surface area (Å²) in [6.07, 6.45) is 2.00. The Balaban J connectivity index is 2.02. The van der Waals surface area contributed by atoms with Crippen LogP contribution >= 0.6 is 0 Å². The van der Waals surface area contributed by atoms with Crippen molar-refractivity contribution in [2.24, 2.45) is 0 Å². The van der Waals surface area contributed by atoms with E-state index in [1.165, 1.54) is 11.1 Å². The zero-order valence-corrected chi connectivity index (χ0v) is 11.0. The number of aromatic nitrogens is 2. The number of nitrogens with zero attached hydrogens (tertiary/aromatic N) is 2. The SMILES string of the molecule is CN(CCc1ccccc1C(=O)O)C(=O)c1ccn[nH]1. The van der Waals surface area contributed by atoms with E-state index in [0.717, 1.165) is 0 Å². The van der Waals surface area contributed by atoms with Crippen molar-refractivity contribution in [2.45, 2.75) is 6.42 Å². The molecule has 0 spiro atoms. The summed E-state index contributed by atoms with van der Waals surface area (Å²) in [6.45, 7) is 0.433. The molecule has 104 valence electrons. The number of amides is 1. The van der Waals surface area contributed by atoms with Crippen LogP contribution in [0.15, 0.2) is 36.5 Å². The Hall–Kier alpha value is -2.63. The minimum absolute atomic E-state index is 0.171. The first-order valence-corrected chi connectivity index (χ1v) is 6.15. The Morgan fingerprint density at radius 1 is 1.30 bits per heavy atom. The Kier molecular flexibility index (Phi) is 4.14. The van der Waals surface area contributed by atoms with Gasteiger partial charge in [-0.1, -0.05) is 18.2 Å². The highest BCUT2D eigenvalue weighted by Crippen LogP contribution is 2.10. The van der Waals surface area contributed by atoms with Crippen LogP contribution in [0.25, 0.3) is 0 Å². The van der Waals surface area contributed by atoms with E-state index in [1.807, 2.05) is 0 Å². The van der Waals surface area contributed by atoms with Crippen molar-refractivity contribution in [3.05, 3.63) is 53.3 Å². The van der Waals surface area contributed by atoms with Crippen LogP contribution in [-0.4, -0.2) is 45.7 Å². The van der Waals surface area contributed by atoms with Crippen LogP contribution in [0.4, 0.5) is 0 Å². The maximum absolute atomic E-state index is 12.0. The molecule has 1 amide bonds. The molecule has 1 aromatic carbocycles. The molecule has 0 aliphatic carbocycles. The van der Waals surface area contributed by atoms with Crippen molar-refractivity contribution in [1.82, 2.24) is 15.1 Å². The lowest BCUT2D eigenvalue weighted by Gasteiger charge is -2.16. The van der Waals surface area contributed by atoms with E-state index >= 15 is 0 Å². The topological polar surface area (TPSA) is 86.3 Å². The normalized spacial score (nSPS) is 10.2.